The Kier molecular flexibility index (Phi) is 2.43. The van der Waals surface area contributed by atoms with Crippen molar-refractivity contribution in [3.05, 3.63) is 22.7 Å². The van der Waals surface area contributed by atoms with Crippen LogP contribution in [0.1, 0.15) is 19.8 Å². The molecule has 0 saturated carbocycles. The Bertz CT molecular complexity index is 336. The fourth-order valence-corrected chi connectivity index (χ4v) is 2.74. The molecule has 1 saturated heterocycles. The third-order valence-corrected chi connectivity index (χ3v) is 3.82. The second-order valence-corrected chi connectivity index (χ2v) is 4.57. The maximum atomic E-state index is 12.3. The topological polar surface area (TPSA) is 40.1 Å². The largest absolute Gasteiger partial charge is 0.619 e. The highest BCUT2D eigenvalue weighted by Crippen LogP contribution is 2.36. The quantitative estimate of drug-likeness (QED) is 0.557. The predicted octanol–water partition coefficient (Wildman–Crippen LogP) is 2.51. The van der Waals surface area contributed by atoms with E-state index >= 15 is 0 Å². The molecule has 0 aromatic carbocycles. The number of rotatable bonds is 2. The van der Waals surface area contributed by atoms with Crippen LogP contribution in [0, 0.1) is 11.1 Å². The van der Waals surface area contributed by atoms with Crippen molar-refractivity contribution in [2.24, 2.45) is 5.92 Å². The van der Waals surface area contributed by atoms with E-state index in [4.69, 9.17) is 0 Å². The molecule has 2 rings (SSSR count). The first-order valence-corrected chi connectivity index (χ1v) is 5.74. The second kappa shape index (κ2) is 3.46. The van der Waals surface area contributed by atoms with Gasteiger partial charge in [-0.3, -0.25) is 4.65 Å². The summed E-state index contributed by atoms with van der Waals surface area (Å²) >= 11 is 1.37. The fraction of sp³-hybridized carbons (Fsp3) is 0.500. The van der Waals surface area contributed by atoms with E-state index in [1.165, 1.54) is 11.3 Å². The zero-order valence-electron chi connectivity index (χ0n) is 8.10. The SMILES string of the molecule is CCC1CC[N+]([O-])(c2cccs2)C1=O. The third kappa shape index (κ3) is 1.30. The molecule has 3 nitrogen and oxygen atoms in total. The summed E-state index contributed by atoms with van der Waals surface area (Å²) in [6.07, 6.45) is 1.52. The van der Waals surface area contributed by atoms with E-state index in [2.05, 4.69) is 0 Å². The first kappa shape index (κ1) is 9.83. The van der Waals surface area contributed by atoms with Crippen LogP contribution in [0.5, 0.6) is 0 Å². The van der Waals surface area contributed by atoms with Crippen LogP contribution in [0.2, 0.25) is 0 Å². The Morgan fingerprint density at radius 3 is 3.00 bits per heavy atom. The highest BCUT2D eigenvalue weighted by molar-refractivity contribution is 7.14. The van der Waals surface area contributed by atoms with Crippen LogP contribution >= 0.6 is 11.3 Å². The lowest BCUT2D eigenvalue weighted by atomic mass is 10.1. The summed E-state index contributed by atoms with van der Waals surface area (Å²) in [4.78, 5) is 11.8. The lowest BCUT2D eigenvalue weighted by molar-refractivity contribution is -0.128. The third-order valence-electron chi connectivity index (χ3n) is 2.85. The standard InChI is InChI=1S/C10H13NO2S/c1-2-8-5-6-11(13,10(8)12)9-4-3-7-14-9/h3-4,7-8H,2,5-6H2,1H3. The van der Waals surface area contributed by atoms with Crippen molar-refractivity contribution in [1.82, 2.24) is 4.65 Å². The molecule has 1 fully saturated rings. The molecule has 1 aliphatic heterocycles. The molecule has 76 valence electrons. The van der Waals surface area contributed by atoms with E-state index in [1.54, 1.807) is 6.07 Å². The van der Waals surface area contributed by atoms with Gasteiger partial charge in [0.2, 0.25) is 0 Å². The predicted molar refractivity (Wildman–Crippen MR) is 57.8 cm³/mol. The van der Waals surface area contributed by atoms with Crippen LogP contribution < -0.4 is 4.65 Å². The van der Waals surface area contributed by atoms with Crippen LogP contribution in [0.15, 0.2) is 17.5 Å². The van der Waals surface area contributed by atoms with Crippen molar-refractivity contribution in [1.29, 1.82) is 0 Å². The molecule has 0 radical (unpaired) electrons. The smallest absolute Gasteiger partial charge is 0.322 e. The van der Waals surface area contributed by atoms with Crippen LogP contribution in [0.4, 0.5) is 5.00 Å². The number of carbonyl (C=O) groups is 1. The van der Waals surface area contributed by atoms with Crippen molar-refractivity contribution in [3.8, 4) is 0 Å². The number of nitrogens with zero attached hydrogens (tertiary/aromatic N) is 1. The van der Waals surface area contributed by atoms with Gasteiger partial charge < -0.3 is 5.21 Å². The van der Waals surface area contributed by atoms with Gasteiger partial charge in [0.15, 0.2) is 5.00 Å². The Labute approximate surface area is 87.1 Å². The van der Waals surface area contributed by atoms with Gasteiger partial charge >= 0.3 is 5.91 Å². The number of amides is 1. The Balaban J connectivity index is 2.31. The Hall–Kier alpha value is -0.710. The minimum absolute atomic E-state index is 0.0328. The van der Waals surface area contributed by atoms with Gasteiger partial charge in [-0.1, -0.05) is 18.3 Å². The van der Waals surface area contributed by atoms with Gasteiger partial charge in [0.25, 0.3) is 0 Å². The van der Waals surface area contributed by atoms with E-state index in [0.717, 1.165) is 12.8 Å². The van der Waals surface area contributed by atoms with Crippen LogP contribution in [-0.4, -0.2) is 12.5 Å². The van der Waals surface area contributed by atoms with Crippen molar-refractivity contribution in [3.63, 3.8) is 0 Å². The molecule has 1 aliphatic rings. The van der Waals surface area contributed by atoms with Gasteiger partial charge in [0.1, 0.15) is 0 Å². The van der Waals surface area contributed by atoms with Gasteiger partial charge in [-0.15, -0.1) is 0 Å². The summed E-state index contributed by atoms with van der Waals surface area (Å²) in [5.41, 5.74) is 0. The first-order valence-electron chi connectivity index (χ1n) is 4.86. The van der Waals surface area contributed by atoms with Gasteiger partial charge in [0.05, 0.1) is 12.5 Å². The second-order valence-electron chi connectivity index (χ2n) is 3.65. The molecule has 0 N–H and O–H groups in total. The highest BCUT2D eigenvalue weighted by atomic mass is 32.1. The van der Waals surface area contributed by atoms with Crippen molar-refractivity contribution < 1.29 is 4.79 Å². The van der Waals surface area contributed by atoms with E-state index in [-0.39, 0.29) is 11.8 Å². The maximum absolute atomic E-state index is 12.3. The van der Waals surface area contributed by atoms with Crippen molar-refractivity contribution >= 4 is 22.2 Å². The van der Waals surface area contributed by atoms with Gasteiger partial charge in [-0.25, -0.2) is 4.79 Å². The molecule has 1 aromatic heterocycles. The number of hydrogen-bond acceptors (Lipinski definition) is 3. The molecule has 1 amide bonds. The van der Waals surface area contributed by atoms with E-state index in [9.17, 15) is 10.0 Å². The van der Waals surface area contributed by atoms with Crippen LogP contribution in [0.25, 0.3) is 0 Å². The van der Waals surface area contributed by atoms with Crippen molar-refractivity contribution in [2.75, 3.05) is 6.54 Å². The molecule has 0 bridgehead atoms. The number of hydroxylamine groups is 2. The molecule has 2 unspecified atom stereocenters. The molecule has 0 spiro atoms. The number of thiophene rings is 1. The maximum Gasteiger partial charge on any atom is 0.322 e. The Morgan fingerprint density at radius 1 is 1.71 bits per heavy atom. The molecule has 1 aromatic rings. The fourth-order valence-electron chi connectivity index (χ4n) is 1.94. The van der Waals surface area contributed by atoms with Gasteiger partial charge in [0, 0.05) is 12.5 Å². The summed E-state index contributed by atoms with van der Waals surface area (Å²) < 4.78 is -0.726. The highest BCUT2D eigenvalue weighted by Gasteiger charge is 2.43. The molecule has 0 aliphatic carbocycles. The minimum atomic E-state index is -0.726. The molecular formula is C10H13NO2S. The zero-order chi connectivity index (χ0) is 10.2. The molecule has 2 heterocycles. The van der Waals surface area contributed by atoms with E-state index < -0.39 is 4.65 Å². The average Bonchev–Trinajstić information content (AvgIpc) is 2.78. The molecule has 14 heavy (non-hydrogen) atoms. The minimum Gasteiger partial charge on any atom is -0.619 e. The van der Waals surface area contributed by atoms with Crippen LogP contribution in [0.3, 0.4) is 0 Å². The van der Waals surface area contributed by atoms with Crippen LogP contribution in [-0.2, 0) is 4.79 Å². The van der Waals surface area contributed by atoms with Gasteiger partial charge in [-0.05, 0) is 17.9 Å². The summed E-state index contributed by atoms with van der Waals surface area (Å²) in [5, 5.41) is 14.7. The van der Waals surface area contributed by atoms with Gasteiger partial charge in [-0.2, -0.15) is 0 Å². The lowest BCUT2D eigenvalue weighted by Crippen LogP contribution is -2.44. The lowest BCUT2D eigenvalue weighted by Gasteiger charge is -2.33. The van der Waals surface area contributed by atoms with E-state index in [1.807, 2.05) is 18.4 Å². The first-order chi connectivity index (χ1) is 6.68. The molecule has 2 atom stereocenters. The summed E-state index contributed by atoms with van der Waals surface area (Å²) in [6.45, 7) is 2.38. The monoisotopic (exact) mass is 211 g/mol. The number of hydrogen-bond donors (Lipinski definition) is 0. The summed E-state index contributed by atoms with van der Waals surface area (Å²) in [6, 6.07) is 3.58. The molecular weight excluding hydrogens is 198 g/mol. The number of quaternary nitrogens is 1. The zero-order valence-corrected chi connectivity index (χ0v) is 8.92. The summed E-state index contributed by atoms with van der Waals surface area (Å²) in [5.74, 6) is -0.190. The number of carbonyl (C=O) groups excluding carboxylic acids is 1. The normalized spacial score (nSPS) is 32.4. The molecule has 4 heteroatoms. The Morgan fingerprint density at radius 2 is 2.50 bits per heavy atom. The van der Waals surface area contributed by atoms with E-state index in [0.29, 0.717) is 11.5 Å². The van der Waals surface area contributed by atoms with Crippen molar-refractivity contribution in [2.45, 2.75) is 19.8 Å². The average molecular weight is 211 g/mol. The summed E-state index contributed by atoms with van der Waals surface area (Å²) in [7, 11) is 0.